The summed E-state index contributed by atoms with van der Waals surface area (Å²) in [6.45, 7) is 12.8. The summed E-state index contributed by atoms with van der Waals surface area (Å²) in [6.07, 6.45) is 9.26. The van der Waals surface area contributed by atoms with Crippen molar-refractivity contribution in [1.29, 1.82) is 0 Å². The average Bonchev–Trinajstić information content (AvgIpc) is 2.96. The number of carbonyl (C=O) groups excluding carboxylic acids is 2. The molecule has 0 bridgehead atoms. The molecule has 4 nitrogen and oxygen atoms in total. The molecule has 0 aromatic heterocycles. The summed E-state index contributed by atoms with van der Waals surface area (Å²) < 4.78 is 11.8. The summed E-state index contributed by atoms with van der Waals surface area (Å²) in [5.74, 6) is 2.42. The molecule has 6 atom stereocenters. The molecule has 0 heterocycles. The van der Waals surface area contributed by atoms with Gasteiger partial charge >= 0.3 is 5.97 Å². The van der Waals surface area contributed by atoms with Gasteiger partial charge in [0.25, 0.3) is 0 Å². The van der Waals surface area contributed by atoms with Gasteiger partial charge in [-0.1, -0.05) is 19.4 Å². The molecule has 2 saturated carbocycles. The summed E-state index contributed by atoms with van der Waals surface area (Å²) in [5.41, 5.74) is 1.95. The lowest BCUT2D eigenvalue weighted by atomic mass is 9.46. The highest BCUT2D eigenvalue weighted by Crippen LogP contribution is 2.68. The molecular weight excluding hydrogens is 376 g/mol. The molecule has 0 unspecified atom stereocenters. The van der Waals surface area contributed by atoms with Crippen molar-refractivity contribution >= 4 is 11.8 Å². The van der Waals surface area contributed by atoms with Crippen LogP contribution in [0.2, 0.25) is 0 Å². The van der Waals surface area contributed by atoms with E-state index in [1.807, 2.05) is 0 Å². The monoisotopic (exact) mass is 414 g/mol. The van der Waals surface area contributed by atoms with Crippen molar-refractivity contribution < 1.29 is 19.1 Å². The second-order valence-corrected chi connectivity index (χ2v) is 10.7. The van der Waals surface area contributed by atoms with E-state index in [1.165, 1.54) is 18.1 Å². The van der Waals surface area contributed by atoms with Crippen molar-refractivity contribution in [3.8, 4) is 0 Å². The van der Waals surface area contributed by atoms with Crippen molar-refractivity contribution in [3.05, 3.63) is 23.0 Å². The number of esters is 1. The molecule has 4 aliphatic carbocycles. The molecule has 4 aliphatic rings. The zero-order chi connectivity index (χ0) is 21.9. The number of allylic oxidation sites excluding steroid dienone is 4. The van der Waals surface area contributed by atoms with Gasteiger partial charge in [-0.15, -0.1) is 0 Å². The maximum absolute atomic E-state index is 12.9. The first kappa shape index (κ1) is 21.6. The largest absolute Gasteiger partial charge is 0.498 e. The highest BCUT2D eigenvalue weighted by Gasteiger charge is 2.67. The normalized spacial score (nSPS) is 42.6. The van der Waals surface area contributed by atoms with E-state index < -0.39 is 5.60 Å². The third-order valence-corrected chi connectivity index (χ3v) is 9.40. The molecule has 30 heavy (non-hydrogen) atoms. The van der Waals surface area contributed by atoms with E-state index in [2.05, 4.69) is 33.8 Å². The standard InChI is InChI=1S/C26H38O4/c1-7-29-19-8-11-24(5)21-9-12-25(6)22(20(21)14-16(2)23(24)15-19)10-13-26(25,17(3)27)30-18(4)28/h15,20-22H,7-14H2,1-6H3/t20-,21+,22+,24-,25+,26+/m1/s1. The maximum atomic E-state index is 12.9. The quantitative estimate of drug-likeness (QED) is 0.549. The summed E-state index contributed by atoms with van der Waals surface area (Å²) in [6, 6.07) is 0. The average molecular weight is 415 g/mol. The molecular formula is C26H38O4. The third kappa shape index (κ3) is 2.85. The maximum Gasteiger partial charge on any atom is 0.303 e. The Morgan fingerprint density at radius 1 is 1.10 bits per heavy atom. The lowest BCUT2D eigenvalue weighted by Gasteiger charge is -2.59. The molecule has 2 fully saturated rings. The van der Waals surface area contributed by atoms with Crippen LogP contribution in [0.25, 0.3) is 0 Å². The topological polar surface area (TPSA) is 52.6 Å². The number of rotatable bonds is 4. The smallest absolute Gasteiger partial charge is 0.303 e. The Morgan fingerprint density at radius 2 is 1.80 bits per heavy atom. The lowest BCUT2D eigenvalue weighted by Crippen LogP contribution is -2.58. The first-order valence-electron chi connectivity index (χ1n) is 11.8. The van der Waals surface area contributed by atoms with E-state index in [9.17, 15) is 9.59 Å². The number of hydrogen-bond donors (Lipinski definition) is 0. The van der Waals surface area contributed by atoms with Crippen LogP contribution in [0.15, 0.2) is 23.0 Å². The van der Waals surface area contributed by atoms with Crippen LogP contribution < -0.4 is 0 Å². The Kier molecular flexibility index (Phi) is 5.22. The highest BCUT2D eigenvalue weighted by atomic mass is 16.6. The Morgan fingerprint density at radius 3 is 2.43 bits per heavy atom. The zero-order valence-corrected chi connectivity index (χ0v) is 19.6. The fourth-order valence-corrected chi connectivity index (χ4v) is 8.10. The number of ether oxygens (including phenoxy) is 2. The number of hydrogen-bond acceptors (Lipinski definition) is 4. The van der Waals surface area contributed by atoms with Crippen molar-refractivity contribution in [2.24, 2.45) is 28.6 Å². The van der Waals surface area contributed by atoms with Crippen LogP contribution >= 0.6 is 0 Å². The summed E-state index contributed by atoms with van der Waals surface area (Å²) in [5, 5.41) is 0. The molecule has 0 N–H and O–H groups in total. The molecule has 0 saturated heterocycles. The molecule has 4 rings (SSSR count). The van der Waals surface area contributed by atoms with Gasteiger partial charge in [0.2, 0.25) is 0 Å². The Hall–Kier alpha value is -1.58. The molecule has 4 heteroatoms. The van der Waals surface area contributed by atoms with E-state index in [0.717, 1.165) is 50.9 Å². The third-order valence-electron chi connectivity index (χ3n) is 9.40. The molecule has 0 aromatic carbocycles. The highest BCUT2D eigenvalue weighted by molar-refractivity contribution is 5.89. The van der Waals surface area contributed by atoms with Gasteiger partial charge in [-0.2, -0.15) is 0 Å². The molecule has 0 radical (unpaired) electrons. The van der Waals surface area contributed by atoms with Crippen molar-refractivity contribution in [2.75, 3.05) is 6.61 Å². The predicted molar refractivity (Wildman–Crippen MR) is 117 cm³/mol. The van der Waals surface area contributed by atoms with Gasteiger partial charge in [0.1, 0.15) is 0 Å². The van der Waals surface area contributed by atoms with E-state index in [4.69, 9.17) is 9.47 Å². The molecule has 0 aliphatic heterocycles. The predicted octanol–water partition coefficient (Wildman–Crippen LogP) is 5.76. The zero-order valence-electron chi connectivity index (χ0n) is 19.6. The van der Waals surface area contributed by atoms with Crippen molar-refractivity contribution in [3.63, 3.8) is 0 Å². The van der Waals surface area contributed by atoms with Gasteiger partial charge in [-0.05, 0) is 94.1 Å². The first-order chi connectivity index (χ1) is 14.1. The second-order valence-electron chi connectivity index (χ2n) is 10.7. The van der Waals surface area contributed by atoms with Crippen LogP contribution in [0.1, 0.15) is 86.5 Å². The van der Waals surface area contributed by atoms with E-state index in [0.29, 0.717) is 24.2 Å². The van der Waals surface area contributed by atoms with Crippen LogP contribution in [-0.4, -0.2) is 24.0 Å². The fraction of sp³-hybridized carbons (Fsp3) is 0.769. The van der Waals surface area contributed by atoms with Crippen LogP contribution in [0, 0.1) is 28.6 Å². The van der Waals surface area contributed by atoms with Gasteiger partial charge in [-0.25, -0.2) is 0 Å². The van der Waals surface area contributed by atoms with Gasteiger partial charge < -0.3 is 9.47 Å². The number of ketones is 1. The van der Waals surface area contributed by atoms with Crippen molar-refractivity contribution in [1.82, 2.24) is 0 Å². The summed E-state index contributed by atoms with van der Waals surface area (Å²) in [7, 11) is 0. The Labute approximate surface area is 181 Å². The Bertz CT molecular complexity index is 823. The fourth-order valence-electron chi connectivity index (χ4n) is 8.10. The van der Waals surface area contributed by atoms with Crippen molar-refractivity contribution in [2.45, 2.75) is 92.1 Å². The minimum absolute atomic E-state index is 0.0260. The molecule has 0 aromatic rings. The van der Waals surface area contributed by atoms with Crippen LogP contribution in [-0.2, 0) is 19.1 Å². The summed E-state index contributed by atoms with van der Waals surface area (Å²) >= 11 is 0. The molecule has 166 valence electrons. The molecule has 0 amide bonds. The van der Waals surface area contributed by atoms with Gasteiger partial charge in [0.15, 0.2) is 11.4 Å². The van der Waals surface area contributed by atoms with Gasteiger partial charge in [-0.3, -0.25) is 9.59 Å². The van der Waals surface area contributed by atoms with E-state index >= 15 is 0 Å². The number of fused-ring (bicyclic) bond motifs is 5. The minimum Gasteiger partial charge on any atom is -0.498 e. The van der Waals surface area contributed by atoms with Crippen LogP contribution in [0.4, 0.5) is 0 Å². The van der Waals surface area contributed by atoms with Gasteiger partial charge in [0, 0.05) is 18.8 Å². The first-order valence-corrected chi connectivity index (χ1v) is 11.8. The van der Waals surface area contributed by atoms with Crippen LogP contribution in [0.3, 0.4) is 0 Å². The molecule has 0 spiro atoms. The lowest BCUT2D eigenvalue weighted by molar-refractivity contribution is -0.186. The Balaban J connectivity index is 1.72. The minimum atomic E-state index is -0.943. The second kappa shape index (κ2) is 7.24. The van der Waals surface area contributed by atoms with Crippen LogP contribution in [0.5, 0.6) is 0 Å². The van der Waals surface area contributed by atoms with E-state index in [-0.39, 0.29) is 22.6 Å². The number of Topliss-reactive ketones (excluding diaryl/α,β-unsaturated/α-hetero) is 1. The SMILES string of the molecule is CCOC1=CC2=C(C)C[C@@H]3[C@H](CC[C@@]4(C)[C@H]3CC[C@]4(OC(C)=O)C(C)=O)[C@@]2(C)CC1. The number of carbonyl (C=O) groups is 2. The van der Waals surface area contributed by atoms with E-state index in [1.54, 1.807) is 6.92 Å². The summed E-state index contributed by atoms with van der Waals surface area (Å²) in [4.78, 5) is 24.9. The van der Waals surface area contributed by atoms with Gasteiger partial charge in [0.05, 0.1) is 12.4 Å².